The van der Waals surface area contributed by atoms with Crippen molar-refractivity contribution in [2.75, 3.05) is 11.9 Å². The molecule has 0 amide bonds. The molecule has 0 unspecified atom stereocenters. The first-order chi connectivity index (χ1) is 8.00. The first kappa shape index (κ1) is 14.6. The number of fused-ring (bicyclic) bond motifs is 1. The van der Waals surface area contributed by atoms with Crippen molar-refractivity contribution in [3.8, 4) is 0 Å². The standard InChI is InChI=1S/C12H14N2O3.Li/c1-7(2)14(3)12-13-10-8(11(15)16)5-4-6-9(10)17-12;/h4-7H,1-3H3,(H,15,16);/q;+1/p-1. The van der Waals surface area contributed by atoms with Gasteiger partial charge in [0.15, 0.2) is 5.58 Å². The van der Waals surface area contributed by atoms with Gasteiger partial charge in [-0.25, -0.2) is 0 Å². The summed E-state index contributed by atoms with van der Waals surface area (Å²) in [5.74, 6) is -1.25. The molecule has 2 aromatic rings. The average Bonchev–Trinajstić information content (AvgIpc) is 2.70. The van der Waals surface area contributed by atoms with Gasteiger partial charge in [0, 0.05) is 18.7 Å². The zero-order valence-corrected chi connectivity index (χ0v) is 10.9. The van der Waals surface area contributed by atoms with Gasteiger partial charge in [-0.3, -0.25) is 0 Å². The number of hydrogen-bond donors (Lipinski definition) is 0. The SMILES string of the molecule is CC(C)N(C)c1nc2c(C(=O)[O-])cccc2o1.[Li+]. The molecule has 0 radical (unpaired) electrons. The third-order valence-corrected chi connectivity index (χ3v) is 2.70. The molecule has 0 aliphatic carbocycles. The van der Waals surface area contributed by atoms with Crippen molar-refractivity contribution in [2.45, 2.75) is 19.9 Å². The summed E-state index contributed by atoms with van der Waals surface area (Å²) >= 11 is 0. The van der Waals surface area contributed by atoms with Gasteiger partial charge in [-0.2, -0.15) is 4.98 Å². The predicted octanol–water partition coefficient (Wildman–Crippen LogP) is -1.96. The van der Waals surface area contributed by atoms with Crippen LogP contribution in [-0.2, 0) is 0 Å². The number of para-hydroxylation sites is 1. The van der Waals surface area contributed by atoms with Crippen molar-refractivity contribution in [3.05, 3.63) is 23.8 Å². The van der Waals surface area contributed by atoms with Gasteiger partial charge in [-0.05, 0) is 19.9 Å². The van der Waals surface area contributed by atoms with Crippen molar-refractivity contribution in [2.24, 2.45) is 0 Å². The van der Waals surface area contributed by atoms with E-state index in [2.05, 4.69) is 4.98 Å². The van der Waals surface area contributed by atoms with E-state index in [4.69, 9.17) is 4.42 Å². The third kappa shape index (κ3) is 2.52. The number of benzene rings is 1. The van der Waals surface area contributed by atoms with E-state index in [9.17, 15) is 9.90 Å². The molecule has 0 aliphatic heterocycles. The first-order valence-corrected chi connectivity index (χ1v) is 5.34. The number of hydrogen-bond acceptors (Lipinski definition) is 5. The molecule has 1 heterocycles. The fourth-order valence-corrected chi connectivity index (χ4v) is 1.47. The Labute approximate surface area is 117 Å². The summed E-state index contributed by atoms with van der Waals surface area (Å²) in [7, 11) is 1.84. The Morgan fingerprint density at radius 3 is 2.67 bits per heavy atom. The zero-order valence-electron chi connectivity index (χ0n) is 10.9. The second-order valence-corrected chi connectivity index (χ2v) is 4.14. The maximum absolute atomic E-state index is 10.9. The minimum absolute atomic E-state index is 0. The van der Waals surface area contributed by atoms with Crippen molar-refractivity contribution in [1.29, 1.82) is 0 Å². The van der Waals surface area contributed by atoms with Crippen LogP contribution in [0.2, 0.25) is 0 Å². The number of carboxylic acid groups (broad SMARTS) is 1. The van der Waals surface area contributed by atoms with Crippen molar-refractivity contribution in [1.82, 2.24) is 4.98 Å². The summed E-state index contributed by atoms with van der Waals surface area (Å²) in [6.07, 6.45) is 0. The van der Waals surface area contributed by atoms with E-state index < -0.39 is 5.97 Å². The van der Waals surface area contributed by atoms with Crippen molar-refractivity contribution in [3.63, 3.8) is 0 Å². The summed E-state index contributed by atoms with van der Waals surface area (Å²) in [5.41, 5.74) is 0.832. The summed E-state index contributed by atoms with van der Waals surface area (Å²) < 4.78 is 5.51. The van der Waals surface area contributed by atoms with Crippen LogP contribution in [0.4, 0.5) is 6.01 Å². The Bertz CT molecular complexity index is 565. The van der Waals surface area contributed by atoms with Gasteiger partial charge in [-0.1, -0.05) is 12.1 Å². The molecule has 0 spiro atoms. The number of anilines is 1. The normalized spacial score (nSPS) is 10.4. The number of carbonyl (C=O) groups is 1. The van der Waals surface area contributed by atoms with E-state index >= 15 is 0 Å². The van der Waals surface area contributed by atoms with Crippen LogP contribution in [-0.4, -0.2) is 24.0 Å². The van der Waals surface area contributed by atoms with Crippen LogP contribution in [0.3, 0.4) is 0 Å². The Balaban J connectivity index is 0.00000162. The van der Waals surface area contributed by atoms with Crippen LogP contribution >= 0.6 is 0 Å². The van der Waals surface area contributed by atoms with E-state index in [1.807, 2.05) is 25.8 Å². The minimum atomic E-state index is -1.25. The molecule has 90 valence electrons. The molecule has 0 atom stereocenters. The largest absolute Gasteiger partial charge is 1.00 e. The Hall–Kier alpha value is -1.44. The summed E-state index contributed by atoms with van der Waals surface area (Å²) in [5, 5.41) is 10.9. The molecule has 0 saturated heterocycles. The van der Waals surface area contributed by atoms with Crippen LogP contribution in [0.5, 0.6) is 0 Å². The molecule has 6 heteroatoms. The molecule has 0 N–H and O–H groups in total. The van der Waals surface area contributed by atoms with E-state index in [0.717, 1.165) is 0 Å². The Morgan fingerprint density at radius 2 is 2.11 bits per heavy atom. The fourth-order valence-electron chi connectivity index (χ4n) is 1.47. The van der Waals surface area contributed by atoms with Crippen LogP contribution in [0.15, 0.2) is 22.6 Å². The summed E-state index contributed by atoms with van der Waals surface area (Å²) in [6.45, 7) is 3.99. The van der Waals surface area contributed by atoms with Gasteiger partial charge in [0.05, 0.1) is 5.97 Å². The molecule has 0 saturated carbocycles. The number of nitrogens with zero attached hydrogens (tertiary/aromatic N) is 2. The van der Waals surface area contributed by atoms with E-state index in [-0.39, 0.29) is 30.5 Å². The third-order valence-electron chi connectivity index (χ3n) is 2.70. The van der Waals surface area contributed by atoms with E-state index in [1.54, 1.807) is 12.1 Å². The van der Waals surface area contributed by atoms with Gasteiger partial charge in [0.2, 0.25) is 0 Å². The van der Waals surface area contributed by atoms with Crippen LogP contribution < -0.4 is 28.9 Å². The topological polar surface area (TPSA) is 69.4 Å². The van der Waals surface area contributed by atoms with Crippen molar-refractivity contribution < 1.29 is 33.2 Å². The second kappa shape index (κ2) is 5.47. The fraction of sp³-hybridized carbons (Fsp3) is 0.333. The number of aromatic carboxylic acids is 1. The average molecular weight is 240 g/mol. The van der Waals surface area contributed by atoms with Gasteiger partial charge >= 0.3 is 18.9 Å². The molecule has 0 aliphatic rings. The second-order valence-electron chi connectivity index (χ2n) is 4.14. The number of oxazole rings is 1. The van der Waals surface area contributed by atoms with Crippen LogP contribution in [0, 0.1) is 0 Å². The molecular weight excluding hydrogens is 227 g/mol. The number of carbonyl (C=O) groups excluding carboxylic acids is 1. The first-order valence-electron chi connectivity index (χ1n) is 5.34. The van der Waals surface area contributed by atoms with Crippen LogP contribution in [0.1, 0.15) is 24.2 Å². The monoisotopic (exact) mass is 240 g/mol. The van der Waals surface area contributed by atoms with Gasteiger partial charge < -0.3 is 19.2 Å². The molecule has 5 nitrogen and oxygen atoms in total. The molecule has 18 heavy (non-hydrogen) atoms. The van der Waals surface area contributed by atoms with Gasteiger partial charge in [0.25, 0.3) is 6.01 Å². The Morgan fingerprint density at radius 1 is 1.44 bits per heavy atom. The van der Waals surface area contributed by atoms with Gasteiger partial charge in [-0.15, -0.1) is 0 Å². The quantitative estimate of drug-likeness (QED) is 0.583. The number of carboxylic acids is 1. The number of aromatic nitrogens is 1. The maximum atomic E-state index is 10.9. The van der Waals surface area contributed by atoms with E-state index in [1.165, 1.54) is 6.07 Å². The summed E-state index contributed by atoms with van der Waals surface area (Å²) in [6, 6.07) is 5.38. The van der Waals surface area contributed by atoms with Crippen molar-refractivity contribution >= 4 is 23.1 Å². The molecule has 0 bridgehead atoms. The molecule has 1 aromatic carbocycles. The smallest absolute Gasteiger partial charge is 0.545 e. The molecule has 1 aromatic heterocycles. The minimum Gasteiger partial charge on any atom is -0.545 e. The zero-order chi connectivity index (χ0) is 12.6. The molecular formula is C12H13LiN2O3. The maximum Gasteiger partial charge on any atom is 1.00 e. The summed E-state index contributed by atoms with van der Waals surface area (Å²) in [4.78, 5) is 16.9. The van der Waals surface area contributed by atoms with Gasteiger partial charge in [0.1, 0.15) is 5.52 Å². The molecule has 2 rings (SSSR count). The predicted molar refractivity (Wildman–Crippen MR) is 61.9 cm³/mol. The molecule has 0 fully saturated rings. The number of rotatable bonds is 3. The van der Waals surface area contributed by atoms with Crippen LogP contribution in [0.25, 0.3) is 11.1 Å². The Kier molecular flexibility index (Phi) is 4.44. The van der Waals surface area contributed by atoms with E-state index in [0.29, 0.717) is 17.1 Å².